The van der Waals surface area contributed by atoms with Gasteiger partial charge in [-0.1, -0.05) is 28.1 Å². The van der Waals surface area contributed by atoms with Crippen LogP contribution in [0.1, 0.15) is 18.4 Å². The highest BCUT2D eigenvalue weighted by atomic mass is 79.9. The molecule has 1 aromatic rings. The van der Waals surface area contributed by atoms with E-state index < -0.39 is 17.4 Å². The van der Waals surface area contributed by atoms with Crippen LogP contribution in [0.4, 0.5) is 0 Å². The van der Waals surface area contributed by atoms with Crippen molar-refractivity contribution in [3.8, 4) is 0 Å². The summed E-state index contributed by atoms with van der Waals surface area (Å²) in [5, 5.41) is 9.21. The number of hydrogen-bond acceptors (Lipinski definition) is 3. The van der Waals surface area contributed by atoms with Crippen LogP contribution in [0.3, 0.4) is 0 Å². The van der Waals surface area contributed by atoms with E-state index in [1.165, 1.54) is 16.7 Å². The Bertz CT molecular complexity index is 556. The molecule has 106 valence electrons. The fraction of sp³-hybridized carbons (Fsp3) is 0.429. The van der Waals surface area contributed by atoms with E-state index in [0.29, 0.717) is 11.6 Å². The van der Waals surface area contributed by atoms with Crippen molar-refractivity contribution in [1.29, 1.82) is 0 Å². The summed E-state index contributed by atoms with van der Waals surface area (Å²) >= 11 is 4.89. The second kappa shape index (κ2) is 5.07. The zero-order valence-corrected chi connectivity index (χ0v) is 13.1. The monoisotopic (exact) mass is 355 g/mol. The van der Waals surface area contributed by atoms with Gasteiger partial charge in [0.2, 0.25) is 5.91 Å². The van der Waals surface area contributed by atoms with Gasteiger partial charge in [0.15, 0.2) is 0 Å². The van der Waals surface area contributed by atoms with Gasteiger partial charge in [-0.3, -0.25) is 4.79 Å². The summed E-state index contributed by atoms with van der Waals surface area (Å²) in [6.45, 7) is 0. The molecule has 1 amide bonds. The van der Waals surface area contributed by atoms with E-state index in [1.807, 2.05) is 24.3 Å². The van der Waals surface area contributed by atoms with Crippen molar-refractivity contribution < 1.29 is 14.7 Å². The van der Waals surface area contributed by atoms with Gasteiger partial charge in [-0.25, -0.2) is 4.79 Å². The lowest BCUT2D eigenvalue weighted by Crippen LogP contribution is -2.46. The van der Waals surface area contributed by atoms with Crippen LogP contribution in [0.15, 0.2) is 28.7 Å². The van der Waals surface area contributed by atoms with E-state index in [0.717, 1.165) is 22.9 Å². The van der Waals surface area contributed by atoms with Crippen LogP contribution >= 0.6 is 27.7 Å². The molecular formula is C14H14BrNO3S. The maximum atomic E-state index is 12.8. The molecule has 0 aromatic heterocycles. The third-order valence-corrected chi connectivity index (χ3v) is 5.53. The Kier molecular flexibility index (Phi) is 3.54. The van der Waals surface area contributed by atoms with Crippen molar-refractivity contribution in [1.82, 2.24) is 4.90 Å². The lowest BCUT2D eigenvalue weighted by atomic mass is 9.94. The van der Waals surface area contributed by atoms with Crippen molar-refractivity contribution in [2.45, 2.75) is 24.3 Å². The Hall–Kier alpha value is -1.01. The number of carbonyl (C=O) groups is 2. The minimum atomic E-state index is -0.907. The van der Waals surface area contributed by atoms with Crippen LogP contribution in [0.2, 0.25) is 0 Å². The fourth-order valence-electron chi connectivity index (χ4n) is 2.64. The van der Waals surface area contributed by atoms with Crippen LogP contribution in [-0.4, -0.2) is 39.6 Å². The van der Waals surface area contributed by atoms with E-state index in [2.05, 4.69) is 15.9 Å². The van der Waals surface area contributed by atoms with Gasteiger partial charge in [-0.05, 0) is 30.5 Å². The number of carbonyl (C=O) groups excluding carboxylic acids is 1. The number of thioether (sulfide) groups is 1. The minimum absolute atomic E-state index is 0.0303. The predicted molar refractivity (Wildman–Crippen MR) is 80.6 cm³/mol. The highest BCUT2D eigenvalue weighted by Crippen LogP contribution is 2.50. The van der Waals surface area contributed by atoms with Gasteiger partial charge >= 0.3 is 5.97 Å². The third-order valence-electron chi connectivity index (χ3n) is 3.98. The molecule has 1 saturated heterocycles. The van der Waals surface area contributed by atoms with Gasteiger partial charge in [0.05, 0.1) is 11.3 Å². The summed E-state index contributed by atoms with van der Waals surface area (Å²) in [5.41, 5.74) is 0.506. The highest BCUT2D eigenvalue weighted by molar-refractivity contribution is 9.10. The summed E-state index contributed by atoms with van der Waals surface area (Å²) in [4.78, 5) is 25.5. The topological polar surface area (TPSA) is 57.6 Å². The van der Waals surface area contributed by atoms with Crippen LogP contribution in [-0.2, 0) is 15.0 Å². The molecule has 1 aromatic carbocycles. The second-order valence-corrected chi connectivity index (χ2v) is 7.13. The van der Waals surface area contributed by atoms with Crippen molar-refractivity contribution >= 4 is 39.6 Å². The molecule has 1 aliphatic carbocycles. The molecule has 6 heteroatoms. The number of benzene rings is 1. The summed E-state index contributed by atoms with van der Waals surface area (Å²) in [5.74, 6) is 0.0261. The number of carboxylic acid groups (broad SMARTS) is 1. The Balaban J connectivity index is 1.86. The molecular weight excluding hydrogens is 342 g/mol. The van der Waals surface area contributed by atoms with Gasteiger partial charge in [0.25, 0.3) is 0 Å². The first kappa shape index (κ1) is 13.9. The van der Waals surface area contributed by atoms with Crippen molar-refractivity contribution in [3.05, 3.63) is 34.3 Å². The summed E-state index contributed by atoms with van der Waals surface area (Å²) < 4.78 is 0.977. The molecule has 20 heavy (non-hydrogen) atoms. The number of nitrogens with zero attached hydrogens (tertiary/aromatic N) is 1. The molecule has 1 heterocycles. The van der Waals surface area contributed by atoms with Gasteiger partial charge in [0.1, 0.15) is 6.04 Å². The molecule has 1 saturated carbocycles. The standard InChI is InChI=1S/C14H14BrNO3S/c15-10-3-1-9(2-4-10)14(5-6-14)13(19)16-8-20-7-11(16)12(17)18/h1-4,11H,5-8H2,(H,17,18). The Morgan fingerprint density at radius 2 is 1.95 bits per heavy atom. The number of carboxylic acids is 1. The summed E-state index contributed by atoms with van der Waals surface area (Å²) in [6, 6.07) is 7.08. The average Bonchev–Trinajstić information content (AvgIpc) is 3.08. The van der Waals surface area contributed by atoms with Crippen molar-refractivity contribution in [2.24, 2.45) is 0 Å². The normalized spacial score (nSPS) is 23.6. The molecule has 0 bridgehead atoms. The molecule has 0 radical (unpaired) electrons. The summed E-state index contributed by atoms with van der Waals surface area (Å²) in [6.07, 6.45) is 1.61. The first-order valence-corrected chi connectivity index (χ1v) is 8.37. The van der Waals surface area contributed by atoms with Crippen molar-refractivity contribution in [2.75, 3.05) is 11.6 Å². The Morgan fingerprint density at radius 3 is 2.50 bits per heavy atom. The highest BCUT2D eigenvalue weighted by Gasteiger charge is 2.55. The lowest BCUT2D eigenvalue weighted by molar-refractivity contribution is -0.148. The largest absolute Gasteiger partial charge is 0.480 e. The van der Waals surface area contributed by atoms with Crippen LogP contribution < -0.4 is 0 Å². The molecule has 4 nitrogen and oxygen atoms in total. The lowest BCUT2D eigenvalue weighted by Gasteiger charge is -2.26. The zero-order valence-electron chi connectivity index (χ0n) is 10.7. The van der Waals surface area contributed by atoms with E-state index in [-0.39, 0.29) is 5.91 Å². The molecule has 1 N–H and O–H groups in total. The van der Waals surface area contributed by atoms with E-state index >= 15 is 0 Å². The smallest absolute Gasteiger partial charge is 0.327 e. The summed E-state index contributed by atoms with van der Waals surface area (Å²) in [7, 11) is 0. The van der Waals surface area contributed by atoms with Gasteiger partial charge < -0.3 is 10.0 Å². The SMILES string of the molecule is O=C(O)C1CSCN1C(=O)C1(c2ccc(Br)cc2)CC1. The third kappa shape index (κ3) is 2.24. The van der Waals surface area contributed by atoms with Gasteiger partial charge in [-0.2, -0.15) is 0 Å². The van der Waals surface area contributed by atoms with Gasteiger partial charge in [0, 0.05) is 10.2 Å². The van der Waals surface area contributed by atoms with Crippen LogP contribution in [0.25, 0.3) is 0 Å². The van der Waals surface area contributed by atoms with Crippen LogP contribution in [0, 0.1) is 0 Å². The number of hydrogen-bond donors (Lipinski definition) is 1. The Labute approximate surface area is 129 Å². The number of halogens is 1. The Morgan fingerprint density at radius 1 is 1.30 bits per heavy atom. The predicted octanol–water partition coefficient (Wildman–Crippen LogP) is 2.47. The van der Waals surface area contributed by atoms with E-state index in [9.17, 15) is 14.7 Å². The first-order valence-electron chi connectivity index (χ1n) is 6.42. The van der Waals surface area contributed by atoms with E-state index in [1.54, 1.807) is 0 Å². The quantitative estimate of drug-likeness (QED) is 0.904. The molecule has 2 fully saturated rings. The number of rotatable bonds is 3. The van der Waals surface area contributed by atoms with E-state index in [4.69, 9.17) is 0 Å². The zero-order chi connectivity index (χ0) is 14.3. The first-order chi connectivity index (χ1) is 9.54. The molecule has 0 spiro atoms. The van der Waals surface area contributed by atoms with Crippen LogP contribution in [0.5, 0.6) is 0 Å². The fourth-order valence-corrected chi connectivity index (χ4v) is 4.05. The number of aliphatic carboxylic acids is 1. The second-order valence-electron chi connectivity index (χ2n) is 5.22. The maximum absolute atomic E-state index is 12.8. The molecule has 3 rings (SSSR count). The molecule has 1 unspecified atom stereocenters. The average molecular weight is 356 g/mol. The minimum Gasteiger partial charge on any atom is -0.480 e. The molecule has 1 aliphatic heterocycles. The molecule has 2 aliphatic rings. The molecule has 1 atom stereocenters. The van der Waals surface area contributed by atoms with Crippen molar-refractivity contribution in [3.63, 3.8) is 0 Å². The number of amides is 1. The van der Waals surface area contributed by atoms with Gasteiger partial charge in [-0.15, -0.1) is 11.8 Å². The maximum Gasteiger partial charge on any atom is 0.327 e.